The van der Waals surface area contributed by atoms with Crippen LogP contribution in [0, 0.1) is 0 Å². The first-order valence-corrected chi connectivity index (χ1v) is 12.3. The highest BCUT2D eigenvalue weighted by molar-refractivity contribution is 7.92. The average molecular weight is 448 g/mol. The molecule has 164 valence electrons. The van der Waals surface area contributed by atoms with E-state index in [1.165, 1.54) is 5.56 Å². The van der Waals surface area contributed by atoms with Gasteiger partial charge in [0.05, 0.1) is 21.2 Å². The number of sulfone groups is 1. The minimum atomic E-state index is -3.61. The first-order valence-electron chi connectivity index (χ1n) is 10.8. The number of rotatable bonds is 4. The Kier molecular flexibility index (Phi) is 5.45. The molecule has 6 nitrogen and oxygen atoms in total. The van der Waals surface area contributed by atoms with Gasteiger partial charge in [-0.1, -0.05) is 54.6 Å². The number of hydrogen-bond acceptors (Lipinski definition) is 5. The van der Waals surface area contributed by atoms with E-state index in [9.17, 15) is 13.2 Å². The smallest absolute Gasteiger partial charge is 0.242 e. The maximum absolute atomic E-state index is 13.2. The summed E-state index contributed by atoms with van der Waals surface area (Å²) in [7, 11) is -3.61. The number of hydrogen-bond donors (Lipinski definition) is 0. The molecule has 0 bridgehead atoms. The molecule has 3 aromatic rings. The lowest BCUT2D eigenvalue weighted by Crippen LogP contribution is -2.50. The number of para-hydroxylation sites is 2. The van der Waals surface area contributed by atoms with Gasteiger partial charge in [-0.25, -0.2) is 8.42 Å². The number of piperazine rings is 1. The number of fused-ring (bicyclic) bond motifs is 2. The van der Waals surface area contributed by atoms with Crippen LogP contribution in [0.1, 0.15) is 5.56 Å². The summed E-state index contributed by atoms with van der Waals surface area (Å²) in [5.41, 5.74) is 2.39. The number of nitrogens with zero attached hydrogens (tertiary/aromatic N) is 3. The topological polar surface area (TPSA) is 60.9 Å². The van der Waals surface area contributed by atoms with Crippen LogP contribution in [0.5, 0.6) is 0 Å². The number of anilines is 2. The molecule has 2 heterocycles. The fourth-order valence-corrected chi connectivity index (χ4v) is 6.13. The highest BCUT2D eigenvalue weighted by Crippen LogP contribution is 2.43. The summed E-state index contributed by atoms with van der Waals surface area (Å²) >= 11 is 0. The van der Waals surface area contributed by atoms with E-state index < -0.39 is 9.84 Å². The van der Waals surface area contributed by atoms with Crippen molar-refractivity contribution >= 4 is 27.1 Å². The molecule has 3 aromatic carbocycles. The number of amides is 1. The first kappa shape index (κ1) is 20.7. The molecule has 32 heavy (non-hydrogen) atoms. The molecular formula is C25H25N3O3S. The van der Waals surface area contributed by atoms with Crippen LogP contribution < -0.4 is 4.90 Å². The van der Waals surface area contributed by atoms with Crippen LogP contribution in [0.3, 0.4) is 0 Å². The van der Waals surface area contributed by atoms with Gasteiger partial charge in [0.15, 0.2) is 0 Å². The summed E-state index contributed by atoms with van der Waals surface area (Å²) in [6.45, 7) is 3.97. The minimum Gasteiger partial charge on any atom is -0.339 e. The molecular weight excluding hydrogens is 422 g/mol. The number of carbonyl (C=O) groups is 1. The maximum Gasteiger partial charge on any atom is 0.242 e. The van der Waals surface area contributed by atoms with Gasteiger partial charge in [-0.2, -0.15) is 0 Å². The van der Waals surface area contributed by atoms with Crippen molar-refractivity contribution in [2.24, 2.45) is 0 Å². The van der Waals surface area contributed by atoms with Gasteiger partial charge in [-0.15, -0.1) is 0 Å². The molecule has 1 amide bonds. The highest BCUT2D eigenvalue weighted by atomic mass is 32.2. The fraction of sp³-hybridized carbons (Fsp3) is 0.240. The van der Waals surface area contributed by atoms with Crippen molar-refractivity contribution in [3.63, 3.8) is 0 Å². The molecule has 0 atom stereocenters. The molecule has 0 aromatic heterocycles. The SMILES string of the molecule is O=C(CN1c2ccccc2S(=O)(=O)c2ccccc21)N1CCN(Cc2ccccc2)CC1. The van der Waals surface area contributed by atoms with E-state index in [1.54, 1.807) is 36.4 Å². The number of benzene rings is 3. The quantitative estimate of drug-likeness (QED) is 0.614. The van der Waals surface area contributed by atoms with Crippen LogP contribution in [0.4, 0.5) is 11.4 Å². The summed E-state index contributed by atoms with van der Waals surface area (Å²) in [5, 5.41) is 0. The van der Waals surface area contributed by atoms with Gasteiger partial charge < -0.3 is 9.80 Å². The van der Waals surface area contributed by atoms with Crippen molar-refractivity contribution in [2.75, 3.05) is 37.6 Å². The van der Waals surface area contributed by atoms with E-state index in [1.807, 2.05) is 40.1 Å². The summed E-state index contributed by atoms with van der Waals surface area (Å²) in [5.74, 6) is 0.00765. The molecule has 7 heteroatoms. The lowest BCUT2D eigenvalue weighted by molar-refractivity contribution is -0.131. The molecule has 2 aliphatic heterocycles. The van der Waals surface area contributed by atoms with Crippen LogP contribution in [0.2, 0.25) is 0 Å². The predicted octanol–water partition coefficient (Wildman–Crippen LogP) is 3.32. The van der Waals surface area contributed by atoms with Crippen LogP contribution in [-0.4, -0.2) is 56.8 Å². The Hall–Kier alpha value is -3.16. The highest BCUT2D eigenvalue weighted by Gasteiger charge is 2.35. The van der Waals surface area contributed by atoms with Crippen LogP contribution >= 0.6 is 0 Å². The summed E-state index contributed by atoms with van der Waals surface area (Å²) in [6, 6.07) is 24.2. The number of carbonyl (C=O) groups excluding carboxylic acids is 1. The second-order valence-electron chi connectivity index (χ2n) is 8.17. The monoisotopic (exact) mass is 447 g/mol. The molecule has 0 radical (unpaired) electrons. The Morgan fingerprint density at radius 1 is 0.719 bits per heavy atom. The van der Waals surface area contributed by atoms with Crippen molar-refractivity contribution < 1.29 is 13.2 Å². The van der Waals surface area contributed by atoms with E-state index in [0.717, 1.165) is 19.6 Å². The Bertz CT molecular complexity index is 1180. The van der Waals surface area contributed by atoms with Gasteiger partial charge in [0.2, 0.25) is 15.7 Å². The van der Waals surface area contributed by atoms with Gasteiger partial charge in [0.1, 0.15) is 6.54 Å². The first-order chi connectivity index (χ1) is 15.5. The van der Waals surface area contributed by atoms with E-state index in [2.05, 4.69) is 17.0 Å². The van der Waals surface area contributed by atoms with Crippen LogP contribution in [-0.2, 0) is 21.2 Å². The molecule has 0 saturated carbocycles. The molecule has 0 N–H and O–H groups in total. The third kappa shape index (κ3) is 3.78. The van der Waals surface area contributed by atoms with Crippen molar-refractivity contribution in [3.8, 4) is 0 Å². The zero-order valence-electron chi connectivity index (χ0n) is 17.7. The minimum absolute atomic E-state index is 0.00765. The molecule has 2 aliphatic rings. The second-order valence-corrected chi connectivity index (χ2v) is 10.1. The maximum atomic E-state index is 13.2. The van der Waals surface area contributed by atoms with E-state index in [0.29, 0.717) is 24.5 Å². The largest absolute Gasteiger partial charge is 0.339 e. The molecule has 0 aliphatic carbocycles. The fourth-order valence-electron chi connectivity index (χ4n) is 4.47. The van der Waals surface area contributed by atoms with Crippen molar-refractivity contribution in [2.45, 2.75) is 16.3 Å². The second kappa shape index (κ2) is 8.41. The molecule has 1 saturated heterocycles. The van der Waals surface area contributed by atoms with E-state index >= 15 is 0 Å². The van der Waals surface area contributed by atoms with Gasteiger partial charge in [0, 0.05) is 32.7 Å². The van der Waals surface area contributed by atoms with Gasteiger partial charge in [-0.3, -0.25) is 9.69 Å². The van der Waals surface area contributed by atoms with Crippen molar-refractivity contribution in [1.82, 2.24) is 9.80 Å². The van der Waals surface area contributed by atoms with Crippen LogP contribution in [0.25, 0.3) is 0 Å². The molecule has 0 spiro atoms. The van der Waals surface area contributed by atoms with Gasteiger partial charge in [-0.05, 0) is 29.8 Å². The zero-order chi connectivity index (χ0) is 22.1. The Labute approximate surface area is 188 Å². The van der Waals surface area contributed by atoms with Crippen molar-refractivity contribution in [3.05, 3.63) is 84.4 Å². The van der Waals surface area contributed by atoms with Gasteiger partial charge >= 0.3 is 0 Å². The average Bonchev–Trinajstić information content (AvgIpc) is 2.83. The standard InChI is InChI=1S/C25H25N3O3S/c29-25(27-16-14-26(15-17-27)18-20-8-2-1-3-9-20)19-28-21-10-4-6-12-23(21)32(30,31)24-13-7-5-11-22(24)28/h1-13H,14-19H2. The summed E-state index contributed by atoms with van der Waals surface area (Å²) < 4.78 is 26.2. The third-order valence-corrected chi connectivity index (χ3v) is 8.01. The van der Waals surface area contributed by atoms with E-state index in [4.69, 9.17) is 0 Å². The molecule has 0 unspecified atom stereocenters. The molecule has 1 fully saturated rings. The molecule has 5 rings (SSSR count). The van der Waals surface area contributed by atoms with Crippen LogP contribution in [0.15, 0.2) is 88.7 Å². The lowest BCUT2D eigenvalue weighted by Gasteiger charge is -2.37. The Morgan fingerprint density at radius 3 is 1.84 bits per heavy atom. The van der Waals surface area contributed by atoms with E-state index in [-0.39, 0.29) is 22.2 Å². The third-order valence-electron chi connectivity index (χ3n) is 6.16. The Balaban J connectivity index is 1.32. The predicted molar refractivity (Wildman–Crippen MR) is 124 cm³/mol. The van der Waals surface area contributed by atoms with Crippen molar-refractivity contribution in [1.29, 1.82) is 0 Å². The lowest BCUT2D eigenvalue weighted by atomic mass is 10.2. The zero-order valence-corrected chi connectivity index (χ0v) is 18.5. The summed E-state index contributed by atoms with van der Waals surface area (Å²) in [6.07, 6.45) is 0. The Morgan fingerprint density at radius 2 is 1.25 bits per heavy atom. The van der Waals surface area contributed by atoms with Gasteiger partial charge in [0.25, 0.3) is 0 Å². The normalized spacial score (nSPS) is 17.5. The summed E-state index contributed by atoms with van der Waals surface area (Å²) in [4.78, 5) is 19.8.